The van der Waals surface area contributed by atoms with Crippen LogP contribution in [0.2, 0.25) is 0 Å². The number of nitrogens with two attached hydrogens (primary N) is 1. The van der Waals surface area contributed by atoms with E-state index in [2.05, 4.69) is 22.0 Å². The molecule has 98 valence electrons. The second kappa shape index (κ2) is 5.72. The van der Waals surface area contributed by atoms with Crippen molar-refractivity contribution in [1.82, 2.24) is 0 Å². The summed E-state index contributed by atoms with van der Waals surface area (Å²) in [5, 5.41) is 0. The summed E-state index contributed by atoms with van der Waals surface area (Å²) in [6.45, 7) is 4.04. The van der Waals surface area contributed by atoms with E-state index in [1.54, 1.807) is 0 Å². The summed E-state index contributed by atoms with van der Waals surface area (Å²) in [4.78, 5) is 0.313. The number of halogens is 1. The summed E-state index contributed by atoms with van der Waals surface area (Å²) in [5.74, 6) is 1.48. The van der Waals surface area contributed by atoms with Crippen molar-refractivity contribution < 1.29 is 4.74 Å². The smallest absolute Gasteiger partial charge is 0.138 e. The molecule has 4 heteroatoms. The zero-order valence-electron chi connectivity index (χ0n) is 10.7. The molecule has 0 unspecified atom stereocenters. The molecule has 0 fully saturated rings. The molecule has 2 aromatic carbocycles. The zero-order valence-corrected chi connectivity index (χ0v) is 13.1. The predicted octanol–water partition coefficient (Wildman–Crippen LogP) is 4.49. The molecular weight excluding hydrogens is 322 g/mol. The molecule has 0 heterocycles. The molecule has 2 aromatic rings. The lowest BCUT2D eigenvalue weighted by molar-refractivity contribution is 0.477. The maximum atomic E-state index is 5.97. The maximum absolute atomic E-state index is 5.97. The summed E-state index contributed by atoms with van der Waals surface area (Å²) in [7, 11) is 0. The van der Waals surface area contributed by atoms with Crippen LogP contribution < -0.4 is 10.5 Å². The Bertz CT molecular complexity index is 640. The van der Waals surface area contributed by atoms with Gasteiger partial charge in [-0.3, -0.25) is 0 Å². The van der Waals surface area contributed by atoms with Crippen LogP contribution >= 0.6 is 28.1 Å². The first-order valence-electron chi connectivity index (χ1n) is 5.82. The summed E-state index contributed by atoms with van der Waals surface area (Å²) >= 11 is 8.53. The van der Waals surface area contributed by atoms with Crippen LogP contribution in [0.1, 0.15) is 16.7 Å². The first-order valence-corrected chi connectivity index (χ1v) is 7.02. The van der Waals surface area contributed by atoms with Gasteiger partial charge in [0.05, 0.1) is 5.56 Å². The predicted molar refractivity (Wildman–Crippen MR) is 86.0 cm³/mol. The Kier molecular flexibility index (Phi) is 4.22. The molecule has 0 saturated carbocycles. The molecule has 0 aliphatic carbocycles. The second-order valence-electron chi connectivity index (χ2n) is 4.35. The molecule has 0 radical (unpaired) electrons. The molecule has 0 amide bonds. The van der Waals surface area contributed by atoms with E-state index in [0.717, 1.165) is 26.9 Å². The van der Waals surface area contributed by atoms with E-state index in [4.69, 9.17) is 22.7 Å². The van der Waals surface area contributed by atoms with Crippen LogP contribution in [0.3, 0.4) is 0 Å². The molecule has 0 bridgehead atoms. The molecule has 0 aromatic heterocycles. The fourth-order valence-electron chi connectivity index (χ4n) is 1.76. The van der Waals surface area contributed by atoms with Gasteiger partial charge in [0.25, 0.3) is 0 Å². The quantitative estimate of drug-likeness (QED) is 0.839. The summed E-state index contributed by atoms with van der Waals surface area (Å²) in [6.07, 6.45) is 0. The van der Waals surface area contributed by atoms with E-state index in [9.17, 15) is 0 Å². The van der Waals surface area contributed by atoms with Gasteiger partial charge in [0.1, 0.15) is 16.5 Å². The Morgan fingerprint density at radius 1 is 1.16 bits per heavy atom. The van der Waals surface area contributed by atoms with Crippen molar-refractivity contribution in [3.05, 3.63) is 57.6 Å². The third-order valence-corrected chi connectivity index (χ3v) is 3.65. The van der Waals surface area contributed by atoms with Gasteiger partial charge in [-0.15, -0.1) is 0 Å². The topological polar surface area (TPSA) is 35.2 Å². The fourth-order valence-corrected chi connectivity index (χ4v) is 2.67. The summed E-state index contributed by atoms with van der Waals surface area (Å²) in [5.41, 5.74) is 8.69. The molecule has 2 N–H and O–H groups in total. The first kappa shape index (κ1) is 14.0. The number of ether oxygens (including phenoxy) is 1. The zero-order chi connectivity index (χ0) is 14.0. The largest absolute Gasteiger partial charge is 0.456 e. The minimum Gasteiger partial charge on any atom is -0.456 e. The number of thiocarbonyl (C=S) groups is 1. The average Bonchev–Trinajstić information content (AvgIpc) is 2.33. The van der Waals surface area contributed by atoms with Crippen LogP contribution in [0, 0.1) is 13.8 Å². The number of aryl methyl sites for hydroxylation is 2. The number of rotatable bonds is 3. The van der Waals surface area contributed by atoms with Gasteiger partial charge in [-0.05, 0) is 59.1 Å². The molecule has 2 nitrogen and oxygen atoms in total. The summed E-state index contributed by atoms with van der Waals surface area (Å²) < 4.78 is 6.80. The lowest BCUT2D eigenvalue weighted by Crippen LogP contribution is -2.11. The minimum atomic E-state index is 0.313. The molecule has 0 spiro atoms. The van der Waals surface area contributed by atoms with Crippen LogP contribution in [0.4, 0.5) is 0 Å². The lowest BCUT2D eigenvalue weighted by atomic mass is 10.1. The van der Waals surface area contributed by atoms with Crippen molar-refractivity contribution in [3.63, 3.8) is 0 Å². The standard InChI is InChI=1S/C15H14BrNOS/c1-9-6-7-10(2)13(8-9)18-12-5-3-4-11(16)14(12)15(17)19/h3-8H,1-2H3,(H2,17,19). The van der Waals surface area contributed by atoms with E-state index in [0.29, 0.717) is 10.7 Å². The van der Waals surface area contributed by atoms with E-state index < -0.39 is 0 Å². The van der Waals surface area contributed by atoms with Crippen LogP contribution in [-0.4, -0.2) is 4.99 Å². The monoisotopic (exact) mass is 335 g/mol. The van der Waals surface area contributed by atoms with Crippen molar-refractivity contribution in [2.24, 2.45) is 5.73 Å². The Labute approximate surface area is 126 Å². The molecule has 19 heavy (non-hydrogen) atoms. The highest BCUT2D eigenvalue weighted by molar-refractivity contribution is 9.10. The van der Waals surface area contributed by atoms with Crippen molar-refractivity contribution in [3.8, 4) is 11.5 Å². The third kappa shape index (κ3) is 3.14. The Morgan fingerprint density at radius 2 is 1.89 bits per heavy atom. The molecule has 0 aliphatic heterocycles. The molecule has 0 saturated heterocycles. The minimum absolute atomic E-state index is 0.313. The lowest BCUT2D eigenvalue weighted by Gasteiger charge is -2.14. The van der Waals surface area contributed by atoms with Crippen molar-refractivity contribution in [2.75, 3.05) is 0 Å². The number of benzene rings is 2. The van der Waals surface area contributed by atoms with E-state index in [1.807, 2.05) is 44.2 Å². The normalized spacial score (nSPS) is 10.3. The van der Waals surface area contributed by atoms with Crippen molar-refractivity contribution in [1.29, 1.82) is 0 Å². The van der Waals surface area contributed by atoms with Gasteiger partial charge in [0, 0.05) is 4.47 Å². The highest BCUT2D eigenvalue weighted by Gasteiger charge is 2.12. The SMILES string of the molecule is Cc1ccc(C)c(Oc2cccc(Br)c2C(N)=S)c1. The van der Waals surface area contributed by atoms with Crippen LogP contribution in [0.15, 0.2) is 40.9 Å². The average molecular weight is 336 g/mol. The van der Waals surface area contributed by atoms with Gasteiger partial charge >= 0.3 is 0 Å². The first-order chi connectivity index (χ1) is 8.99. The van der Waals surface area contributed by atoms with E-state index >= 15 is 0 Å². The van der Waals surface area contributed by atoms with Crippen LogP contribution in [0.25, 0.3) is 0 Å². The number of hydrogen-bond donors (Lipinski definition) is 1. The van der Waals surface area contributed by atoms with Gasteiger partial charge in [0.2, 0.25) is 0 Å². The Morgan fingerprint density at radius 3 is 2.58 bits per heavy atom. The Balaban J connectivity index is 2.46. The highest BCUT2D eigenvalue weighted by atomic mass is 79.9. The fraction of sp³-hybridized carbons (Fsp3) is 0.133. The third-order valence-electron chi connectivity index (χ3n) is 2.79. The van der Waals surface area contributed by atoms with E-state index in [-0.39, 0.29) is 0 Å². The molecule has 0 aliphatic rings. The van der Waals surface area contributed by atoms with Crippen molar-refractivity contribution in [2.45, 2.75) is 13.8 Å². The molecule has 0 atom stereocenters. The number of hydrogen-bond acceptors (Lipinski definition) is 2. The Hall–Kier alpha value is -1.39. The molecular formula is C15H14BrNOS. The van der Waals surface area contributed by atoms with Gasteiger partial charge in [-0.2, -0.15) is 0 Å². The highest BCUT2D eigenvalue weighted by Crippen LogP contribution is 2.32. The van der Waals surface area contributed by atoms with Crippen molar-refractivity contribution >= 4 is 33.1 Å². The van der Waals surface area contributed by atoms with Crippen LogP contribution in [0.5, 0.6) is 11.5 Å². The van der Waals surface area contributed by atoms with Gasteiger partial charge in [0.15, 0.2) is 0 Å². The van der Waals surface area contributed by atoms with Gasteiger partial charge in [-0.25, -0.2) is 0 Å². The van der Waals surface area contributed by atoms with E-state index in [1.165, 1.54) is 0 Å². The van der Waals surface area contributed by atoms with Crippen LogP contribution in [-0.2, 0) is 0 Å². The second-order valence-corrected chi connectivity index (χ2v) is 5.64. The summed E-state index contributed by atoms with van der Waals surface area (Å²) in [6, 6.07) is 11.7. The molecule has 2 rings (SSSR count). The maximum Gasteiger partial charge on any atom is 0.138 e. The van der Waals surface area contributed by atoms with Gasteiger partial charge < -0.3 is 10.5 Å². The van der Waals surface area contributed by atoms with Gasteiger partial charge in [-0.1, -0.05) is 30.4 Å².